The van der Waals surface area contributed by atoms with E-state index < -0.39 is 0 Å². The number of hydrogen-bond acceptors (Lipinski definition) is 5. The van der Waals surface area contributed by atoms with Crippen molar-refractivity contribution in [3.8, 4) is 0 Å². The highest BCUT2D eigenvalue weighted by molar-refractivity contribution is 5.93. The summed E-state index contributed by atoms with van der Waals surface area (Å²) in [4.78, 5) is 30.1. The molecule has 1 N–H and O–H groups in total. The third-order valence-electron chi connectivity index (χ3n) is 4.05. The standard InChI is InChI=1S/C16H19N3O4/c1-11-14(18-10-23-11)16(21)19-6-2-4-12(9-19)8-17-15(20)13-5-3-7-22-13/h3,5,7,10,12H,2,4,6,8-9H2,1H3,(H,17,20). The van der Waals surface area contributed by atoms with Crippen LogP contribution in [0.2, 0.25) is 0 Å². The molecule has 0 saturated carbocycles. The maximum atomic E-state index is 12.5. The lowest BCUT2D eigenvalue weighted by molar-refractivity contribution is 0.0663. The summed E-state index contributed by atoms with van der Waals surface area (Å²) in [7, 11) is 0. The number of aryl methyl sites for hydroxylation is 1. The molecular formula is C16H19N3O4. The van der Waals surface area contributed by atoms with Crippen LogP contribution in [0.4, 0.5) is 0 Å². The summed E-state index contributed by atoms with van der Waals surface area (Å²) in [6, 6.07) is 3.30. The minimum Gasteiger partial charge on any atom is -0.459 e. The summed E-state index contributed by atoms with van der Waals surface area (Å²) in [5.41, 5.74) is 0.366. The van der Waals surface area contributed by atoms with Gasteiger partial charge in [-0.15, -0.1) is 0 Å². The second-order valence-corrected chi connectivity index (χ2v) is 5.70. The molecule has 2 aromatic heterocycles. The molecule has 0 spiro atoms. The van der Waals surface area contributed by atoms with E-state index in [9.17, 15) is 9.59 Å². The smallest absolute Gasteiger partial charge is 0.286 e. The summed E-state index contributed by atoms with van der Waals surface area (Å²) in [5.74, 6) is 0.707. The van der Waals surface area contributed by atoms with E-state index in [1.54, 1.807) is 24.0 Å². The van der Waals surface area contributed by atoms with Crippen molar-refractivity contribution in [3.05, 3.63) is 42.0 Å². The van der Waals surface area contributed by atoms with Crippen LogP contribution in [0.1, 0.15) is 39.6 Å². The first-order valence-electron chi connectivity index (χ1n) is 7.66. The van der Waals surface area contributed by atoms with Gasteiger partial charge in [0.1, 0.15) is 5.76 Å². The number of carbonyl (C=O) groups is 2. The average molecular weight is 317 g/mol. The number of likely N-dealkylation sites (tertiary alicyclic amines) is 1. The monoisotopic (exact) mass is 317 g/mol. The van der Waals surface area contributed by atoms with Gasteiger partial charge < -0.3 is 19.1 Å². The number of nitrogens with zero attached hydrogens (tertiary/aromatic N) is 2. The second kappa shape index (κ2) is 6.68. The zero-order valence-corrected chi connectivity index (χ0v) is 12.9. The van der Waals surface area contributed by atoms with Crippen molar-refractivity contribution in [2.24, 2.45) is 5.92 Å². The Bertz CT molecular complexity index is 677. The molecule has 1 aliphatic heterocycles. The Kier molecular flexibility index (Phi) is 4.45. The molecule has 7 heteroatoms. The summed E-state index contributed by atoms with van der Waals surface area (Å²) < 4.78 is 10.2. The van der Waals surface area contributed by atoms with E-state index in [1.165, 1.54) is 12.7 Å². The number of piperidine rings is 1. The van der Waals surface area contributed by atoms with E-state index >= 15 is 0 Å². The minimum absolute atomic E-state index is 0.113. The summed E-state index contributed by atoms with van der Waals surface area (Å²) in [6.07, 6.45) is 4.63. The molecular weight excluding hydrogens is 298 g/mol. The van der Waals surface area contributed by atoms with Crippen LogP contribution < -0.4 is 5.32 Å². The van der Waals surface area contributed by atoms with Crippen LogP contribution >= 0.6 is 0 Å². The Morgan fingerprint density at radius 3 is 3.00 bits per heavy atom. The van der Waals surface area contributed by atoms with E-state index in [0.29, 0.717) is 36.8 Å². The molecule has 122 valence electrons. The number of furan rings is 1. The van der Waals surface area contributed by atoms with E-state index in [4.69, 9.17) is 8.83 Å². The van der Waals surface area contributed by atoms with Gasteiger partial charge in [-0.1, -0.05) is 0 Å². The molecule has 1 fully saturated rings. The van der Waals surface area contributed by atoms with Gasteiger partial charge in [-0.05, 0) is 37.8 Å². The SMILES string of the molecule is Cc1ocnc1C(=O)N1CCCC(CNC(=O)c2ccco2)C1. The molecule has 0 aromatic carbocycles. The highest BCUT2D eigenvalue weighted by Gasteiger charge is 2.27. The molecule has 23 heavy (non-hydrogen) atoms. The lowest BCUT2D eigenvalue weighted by Crippen LogP contribution is -2.44. The van der Waals surface area contributed by atoms with Crippen LogP contribution in [0.3, 0.4) is 0 Å². The molecule has 1 saturated heterocycles. The number of amides is 2. The average Bonchev–Trinajstić information content (AvgIpc) is 3.23. The second-order valence-electron chi connectivity index (χ2n) is 5.70. The summed E-state index contributed by atoms with van der Waals surface area (Å²) in [5, 5.41) is 2.86. The van der Waals surface area contributed by atoms with Crippen molar-refractivity contribution < 1.29 is 18.4 Å². The van der Waals surface area contributed by atoms with Gasteiger partial charge in [0.2, 0.25) is 0 Å². The summed E-state index contributed by atoms with van der Waals surface area (Å²) in [6.45, 7) is 3.55. The number of hydrogen-bond donors (Lipinski definition) is 1. The highest BCUT2D eigenvalue weighted by atomic mass is 16.3. The van der Waals surface area contributed by atoms with Gasteiger partial charge in [-0.3, -0.25) is 9.59 Å². The largest absolute Gasteiger partial charge is 0.459 e. The lowest BCUT2D eigenvalue weighted by Gasteiger charge is -2.32. The Hall–Kier alpha value is -2.57. The van der Waals surface area contributed by atoms with Crippen LogP contribution in [0.5, 0.6) is 0 Å². The molecule has 0 aliphatic carbocycles. The normalized spacial score (nSPS) is 18.0. The van der Waals surface area contributed by atoms with Crippen LogP contribution in [0, 0.1) is 12.8 Å². The van der Waals surface area contributed by atoms with Crippen molar-refractivity contribution in [1.29, 1.82) is 0 Å². The van der Waals surface area contributed by atoms with Gasteiger partial charge in [0, 0.05) is 19.6 Å². The number of oxazole rings is 1. The summed E-state index contributed by atoms with van der Waals surface area (Å²) >= 11 is 0. The molecule has 7 nitrogen and oxygen atoms in total. The fourth-order valence-electron chi connectivity index (χ4n) is 2.81. The van der Waals surface area contributed by atoms with Gasteiger partial charge >= 0.3 is 0 Å². The molecule has 1 aliphatic rings. The Balaban J connectivity index is 1.55. The first kappa shape index (κ1) is 15.3. The molecule has 1 atom stereocenters. The van der Waals surface area contributed by atoms with Crippen LogP contribution in [-0.2, 0) is 0 Å². The van der Waals surface area contributed by atoms with Crippen molar-refractivity contribution in [3.63, 3.8) is 0 Å². The van der Waals surface area contributed by atoms with E-state index in [2.05, 4.69) is 10.3 Å². The van der Waals surface area contributed by atoms with Gasteiger partial charge in [0.15, 0.2) is 17.8 Å². The number of aromatic nitrogens is 1. The lowest BCUT2D eigenvalue weighted by atomic mass is 9.97. The topological polar surface area (TPSA) is 88.6 Å². The van der Waals surface area contributed by atoms with Gasteiger partial charge in [0.05, 0.1) is 6.26 Å². The Morgan fingerprint density at radius 1 is 1.43 bits per heavy atom. The Labute approximate surface area is 133 Å². The molecule has 2 aromatic rings. The molecule has 3 rings (SSSR count). The van der Waals surface area contributed by atoms with Gasteiger partial charge in [0.25, 0.3) is 11.8 Å². The van der Waals surface area contributed by atoms with Crippen molar-refractivity contribution in [1.82, 2.24) is 15.2 Å². The van der Waals surface area contributed by atoms with Crippen molar-refractivity contribution in [2.45, 2.75) is 19.8 Å². The zero-order chi connectivity index (χ0) is 16.2. The first-order chi connectivity index (χ1) is 11.1. The molecule has 0 radical (unpaired) electrons. The predicted molar refractivity (Wildman–Crippen MR) is 80.9 cm³/mol. The highest BCUT2D eigenvalue weighted by Crippen LogP contribution is 2.19. The first-order valence-corrected chi connectivity index (χ1v) is 7.66. The molecule has 1 unspecified atom stereocenters. The van der Waals surface area contributed by atoms with Gasteiger partial charge in [-0.25, -0.2) is 4.98 Å². The maximum absolute atomic E-state index is 12.5. The van der Waals surface area contributed by atoms with E-state index in [1.807, 2.05) is 0 Å². The quantitative estimate of drug-likeness (QED) is 0.929. The fraction of sp³-hybridized carbons (Fsp3) is 0.438. The third-order valence-corrected chi connectivity index (χ3v) is 4.05. The number of carbonyl (C=O) groups excluding carboxylic acids is 2. The maximum Gasteiger partial charge on any atom is 0.286 e. The number of nitrogens with one attached hydrogen (secondary N) is 1. The zero-order valence-electron chi connectivity index (χ0n) is 12.9. The van der Waals surface area contributed by atoms with Crippen molar-refractivity contribution >= 4 is 11.8 Å². The van der Waals surface area contributed by atoms with Gasteiger partial charge in [-0.2, -0.15) is 0 Å². The third kappa shape index (κ3) is 3.44. The fourth-order valence-corrected chi connectivity index (χ4v) is 2.81. The van der Waals surface area contributed by atoms with Crippen LogP contribution in [0.15, 0.2) is 33.6 Å². The molecule has 0 bridgehead atoms. The van der Waals surface area contributed by atoms with Crippen LogP contribution in [0.25, 0.3) is 0 Å². The number of rotatable bonds is 4. The van der Waals surface area contributed by atoms with E-state index in [-0.39, 0.29) is 17.7 Å². The van der Waals surface area contributed by atoms with Crippen LogP contribution in [-0.4, -0.2) is 41.3 Å². The molecule has 3 heterocycles. The minimum atomic E-state index is -0.231. The van der Waals surface area contributed by atoms with Crippen molar-refractivity contribution in [2.75, 3.05) is 19.6 Å². The van der Waals surface area contributed by atoms with E-state index in [0.717, 1.165) is 12.8 Å². The predicted octanol–water partition coefficient (Wildman–Crippen LogP) is 1.86. The molecule has 2 amide bonds. The Morgan fingerprint density at radius 2 is 2.30 bits per heavy atom.